The molecule has 1 rings (SSSR count). The predicted molar refractivity (Wildman–Crippen MR) is 26.8 cm³/mol. The van der Waals surface area contributed by atoms with Crippen LogP contribution in [0.15, 0.2) is 0 Å². The van der Waals surface area contributed by atoms with Crippen LogP contribution in [0.3, 0.4) is 0 Å². The van der Waals surface area contributed by atoms with Gasteiger partial charge in [0.25, 0.3) is 0 Å². The molecule has 1 aliphatic rings. The van der Waals surface area contributed by atoms with Gasteiger partial charge in [0.05, 0.1) is 6.61 Å². The van der Waals surface area contributed by atoms with Crippen molar-refractivity contribution in [2.24, 2.45) is 0 Å². The maximum Gasteiger partial charge on any atom is 0.226 e. The van der Waals surface area contributed by atoms with Gasteiger partial charge in [-0.3, -0.25) is 9.59 Å². The van der Waals surface area contributed by atoms with Crippen LogP contribution in [0, 0.1) is 0 Å². The molecule has 0 aromatic rings. The van der Waals surface area contributed by atoms with Gasteiger partial charge in [0.15, 0.2) is 6.29 Å². The number of hydrogen-bond acceptors (Lipinski definition) is 4. The normalized spacial score (nSPS) is 26.0. The van der Waals surface area contributed by atoms with Crippen LogP contribution >= 0.6 is 0 Å². The molecular formula is C5H6O4. The second-order valence-corrected chi connectivity index (χ2v) is 1.66. The third-order valence-electron chi connectivity index (χ3n) is 1.06. The summed E-state index contributed by atoms with van der Waals surface area (Å²) in [6.07, 6.45) is -0.401. The van der Waals surface area contributed by atoms with E-state index >= 15 is 0 Å². The standard InChI is InChI=1S/C5H6O4/c6-1-4(7)5-2-8-3-9-5/h1,5H,2-3H2. The van der Waals surface area contributed by atoms with Crippen LogP contribution in [0.4, 0.5) is 0 Å². The highest BCUT2D eigenvalue weighted by Gasteiger charge is 2.23. The summed E-state index contributed by atoms with van der Waals surface area (Å²) in [5.41, 5.74) is 0. The van der Waals surface area contributed by atoms with Crippen LogP contribution < -0.4 is 0 Å². The Morgan fingerprint density at radius 3 is 2.89 bits per heavy atom. The molecule has 1 fully saturated rings. The topological polar surface area (TPSA) is 52.6 Å². The van der Waals surface area contributed by atoms with Gasteiger partial charge < -0.3 is 9.47 Å². The predicted octanol–water partition coefficient (Wildman–Crippen LogP) is -0.873. The van der Waals surface area contributed by atoms with E-state index in [2.05, 4.69) is 4.74 Å². The molecule has 50 valence electrons. The maximum atomic E-state index is 10.4. The molecule has 0 radical (unpaired) electrons. The molecule has 0 aliphatic carbocycles. The van der Waals surface area contributed by atoms with Crippen molar-refractivity contribution in [2.45, 2.75) is 6.10 Å². The second kappa shape index (κ2) is 2.70. The van der Waals surface area contributed by atoms with Gasteiger partial charge in [-0.05, 0) is 0 Å². The lowest BCUT2D eigenvalue weighted by Crippen LogP contribution is -2.23. The molecule has 9 heavy (non-hydrogen) atoms. The Hall–Kier alpha value is -0.740. The summed E-state index contributed by atoms with van der Waals surface area (Å²) in [6.45, 7) is 0.321. The summed E-state index contributed by atoms with van der Waals surface area (Å²) in [7, 11) is 0. The number of ether oxygens (including phenoxy) is 2. The third kappa shape index (κ3) is 1.34. The first-order valence-corrected chi connectivity index (χ1v) is 2.53. The van der Waals surface area contributed by atoms with Crippen molar-refractivity contribution in [1.82, 2.24) is 0 Å². The lowest BCUT2D eigenvalue weighted by molar-refractivity contribution is -0.135. The average Bonchev–Trinajstić information content (AvgIpc) is 2.37. The van der Waals surface area contributed by atoms with Gasteiger partial charge in [-0.15, -0.1) is 0 Å². The summed E-state index contributed by atoms with van der Waals surface area (Å²) in [6, 6.07) is 0. The summed E-state index contributed by atoms with van der Waals surface area (Å²) < 4.78 is 9.38. The van der Waals surface area contributed by atoms with E-state index in [1.54, 1.807) is 0 Å². The summed E-state index contributed by atoms with van der Waals surface area (Å²) in [4.78, 5) is 20.2. The zero-order valence-electron chi connectivity index (χ0n) is 4.70. The molecule has 1 aliphatic heterocycles. The molecule has 1 saturated heterocycles. The van der Waals surface area contributed by atoms with Crippen LogP contribution in [-0.4, -0.2) is 31.6 Å². The molecule has 0 aromatic carbocycles. The van der Waals surface area contributed by atoms with Crippen LogP contribution in [-0.2, 0) is 19.1 Å². The number of Topliss-reactive ketones (excluding diaryl/α,β-unsaturated/α-hetero) is 1. The largest absolute Gasteiger partial charge is 0.352 e. The van der Waals surface area contributed by atoms with Gasteiger partial charge in [-0.2, -0.15) is 0 Å². The monoisotopic (exact) mass is 130 g/mol. The van der Waals surface area contributed by atoms with E-state index in [1.165, 1.54) is 0 Å². The van der Waals surface area contributed by atoms with Crippen molar-refractivity contribution in [3.8, 4) is 0 Å². The van der Waals surface area contributed by atoms with E-state index in [-0.39, 0.29) is 19.7 Å². The summed E-state index contributed by atoms with van der Waals surface area (Å²) in [5, 5.41) is 0. The van der Waals surface area contributed by atoms with E-state index in [1.807, 2.05) is 0 Å². The number of hydrogen-bond donors (Lipinski definition) is 0. The zero-order valence-corrected chi connectivity index (χ0v) is 4.70. The SMILES string of the molecule is O=CC(=O)C1COCO1. The number of aldehydes is 1. The van der Waals surface area contributed by atoms with Crippen molar-refractivity contribution in [3.05, 3.63) is 0 Å². The minimum Gasteiger partial charge on any atom is -0.352 e. The van der Waals surface area contributed by atoms with E-state index < -0.39 is 11.9 Å². The van der Waals surface area contributed by atoms with Gasteiger partial charge in [0, 0.05) is 0 Å². The minimum atomic E-state index is -0.650. The molecule has 0 aromatic heterocycles. The number of ketones is 1. The summed E-state index contributed by atoms with van der Waals surface area (Å²) >= 11 is 0. The van der Waals surface area contributed by atoms with Crippen molar-refractivity contribution in [3.63, 3.8) is 0 Å². The fourth-order valence-corrected chi connectivity index (χ4v) is 0.574. The molecule has 0 amide bonds. The van der Waals surface area contributed by atoms with Gasteiger partial charge in [0.2, 0.25) is 5.78 Å². The number of carbonyl (C=O) groups is 2. The zero-order chi connectivity index (χ0) is 6.69. The van der Waals surface area contributed by atoms with Crippen LogP contribution in [0.5, 0.6) is 0 Å². The first-order valence-electron chi connectivity index (χ1n) is 2.53. The Morgan fingerprint density at radius 1 is 1.67 bits per heavy atom. The molecule has 1 unspecified atom stereocenters. The Balaban J connectivity index is 2.41. The fraction of sp³-hybridized carbons (Fsp3) is 0.600. The van der Waals surface area contributed by atoms with E-state index in [0.29, 0.717) is 0 Å². The van der Waals surface area contributed by atoms with E-state index in [0.717, 1.165) is 0 Å². The molecule has 0 saturated carbocycles. The third-order valence-corrected chi connectivity index (χ3v) is 1.06. The Kier molecular flexibility index (Phi) is 1.92. The first-order chi connectivity index (χ1) is 4.34. The van der Waals surface area contributed by atoms with Crippen LogP contribution in [0.2, 0.25) is 0 Å². The quantitative estimate of drug-likeness (QED) is 0.360. The summed E-state index contributed by atoms with van der Waals surface area (Å²) in [5.74, 6) is -0.549. The molecule has 4 nitrogen and oxygen atoms in total. The highest BCUT2D eigenvalue weighted by Crippen LogP contribution is 2.01. The Bertz CT molecular complexity index is 125. The van der Waals surface area contributed by atoms with Gasteiger partial charge in [-0.1, -0.05) is 0 Å². The molecule has 0 N–H and O–H groups in total. The molecule has 0 bridgehead atoms. The Morgan fingerprint density at radius 2 is 2.44 bits per heavy atom. The van der Waals surface area contributed by atoms with Crippen molar-refractivity contribution in [2.75, 3.05) is 13.4 Å². The maximum absolute atomic E-state index is 10.4. The fourth-order valence-electron chi connectivity index (χ4n) is 0.574. The number of carbonyl (C=O) groups excluding carboxylic acids is 2. The van der Waals surface area contributed by atoms with Gasteiger partial charge >= 0.3 is 0 Å². The van der Waals surface area contributed by atoms with Gasteiger partial charge in [0.1, 0.15) is 12.9 Å². The molecule has 1 heterocycles. The minimum absolute atomic E-state index is 0.115. The molecular weight excluding hydrogens is 124 g/mol. The van der Waals surface area contributed by atoms with Crippen LogP contribution in [0.25, 0.3) is 0 Å². The number of rotatable bonds is 2. The molecule has 0 spiro atoms. The molecule has 4 heteroatoms. The second-order valence-electron chi connectivity index (χ2n) is 1.66. The van der Waals surface area contributed by atoms with Crippen molar-refractivity contribution in [1.29, 1.82) is 0 Å². The van der Waals surface area contributed by atoms with E-state index in [9.17, 15) is 9.59 Å². The van der Waals surface area contributed by atoms with Crippen molar-refractivity contribution >= 4 is 12.1 Å². The molecule has 1 atom stereocenters. The van der Waals surface area contributed by atoms with Gasteiger partial charge in [-0.25, -0.2) is 0 Å². The first kappa shape index (κ1) is 6.38. The van der Waals surface area contributed by atoms with Crippen molar-refractivity contribution < 1.29 is 19.1 Å². The highest BCUT2D eigenvalue weighted by molar-refractivity contribution is 6.27. The smallest absolute Gasteiger partial charge is 0.226 e. The van der Waals surface area contributed by atoms with Crippen LogP contribution in [0.1, 0.15) is 0 Å². The lowest BCUT2D eigenvalue weighted by Gasteiger charge is -1.96. The van der Waals surface area contributed by atoms with E-state index in [4.69, 9.17) is 4.74 Å². The highest BCUT2D eigenvalue weighted by atomic mass is 16.7. The lowest BCUT2D eigenvalue weighted by atomic mass is 10.3. The Labute approximate surface area is 51.7 Å². The average molecular weight is 130 g/mol.